The molecular formula is C16H22Cl2N2O. The van der Waals surface area contributed by atoms with E-state index in [1.54, 1.807) is 0 Å². The molecule has 1 fully saturated rings. The largest absolute Gasteiger partial charge is 0.349 e. The first-order valence-electron chi connectivity index (χ1n) is 7.48. The van der Waals surface area contributed by atoms with Gasteiger partial charge in [-0.15, -0.1) is 12.4 Å². The average Bonchev–Trinajstić information content (AvgIpc) is 2.83. The number of benzene rings is 1. The lowest BCUT2D eigenvalue weighted by molar-refractivity contribution is -0.126. The number of carbonyl (C=O) groups excluding carboxylic acids is 1. The second kappa shape index (κ2) is 6.99. The van der Waals surface area contributed by atoms with Crippen LogP contribution in [0.5, 0.6) is 0 Å². The Morgan fingerprint density at radius 2 is 2.10 bits per heavy atom. The van der Waals surface area contributed by atoms with Crippen molar-refractivity contribution >= 4 is 29.9 Å². The Bertz CT molecular complexity index is 521. The molecule has 3 nitrogen and oxygen atoms in total. The first kappa shape index (κ1) is 16.6. The van der Waals surface area contributed by atoms with E-state index in [2.05, 4.69) is 11.4 Å². The molecule has 1 aromatic carbocycles. The molecule has 0 heterocycles. The Balaban J connectivity index is 0.00000161. The lowest BCUT2D eigenvalue weighted by atomic mass is 9.85. The van der Waals surface area contributed by atoms with Crippen molar-refractivity contribution in [2.24, 2.45) is 11.7 Å². The average molecular weight is 329 g/mol. The Morgan fingerprint density at radius 3 is 2.86 bits per heavy atom. The SMILES string of the molecule is Cl.NC1CCCC(C(=O)NC2CCc3c(Cl)cccc32)C1. The maximum absolute atomic E-state index is 12.4. The van der Waals surface area contributed by atoms with Gasteiger partial charge < -0.3 is 11.1 Å². The van der Waals surface area contributed by atoms with Gasteiger partial charge in [0.25, 0.3) is 0 Å². The minimum atomic E-state index is 0. The van der Waals surface area contributed by atoms with E-state index in [4.69, 9.17) is 17.3 Å². The predicted octanol–water partition coefficient (Wildman–Crippen LogP) is 3.38. The summed E-state index contributed by atoms with van der Waals surface area (Å²) >= 11 is 6.21. The van der Waals surface area contributed by atoms with Crippen molar-refractivity contribution in [2.45, 2.75) is 50.6 Å². The Hall–Kier alpha value is -0.770. The predicted molar refractivity (Wildman–Crippen MR) is 87.8 cm³/mol. The summed E-state index contributed by atoms with van der Waals surface area (Å²) in [4.78, 5) is 12.4. The van der Waals surface area contributed by atoms with E-state index in [1.165, 1.54) is 11.1 Å². The van der Waals surface area contributed by atoms with Gasteiger partial charge in [-0.25, -0.2) is 0 Å². The highest BCUT2D eigenvalue weighted by atomic mass is 35.5. The molecule has 2 aliphatic carbocycles. The summed E-state index contributed by atoms with van der Waals surface area (Å²) < 4.78 is 0. The summed E-state index contributed by atoms with van der Waals surface area (Å²) in [5.41, 5.74) is 8.35. The molecule has 3 rings (SSSR count). The fourth-order valence-corrected chi connectivity index (χ4v) is 3.79. The van der Waals surface area contributed by atoms with Gasteiger partial charge in [0, 0.05) is 17.0 Å². The zero-order chi connectivity index (χ0) is 14.1. The van der Waals surface area contributed by atoms with Crippen LogP contribution in [0.4, 0.5) is 0 Å². The van der Waals surface area contributed by atoms with Crippen molar-refractivity contribution in [3.63, 3.8) is 0 Å². The van der Waals surface area contributed by atoms with Gasteiger partial charge in [-0.05, 0) is 49.3 Å². The summed E-state index contributed by atoms with van der Waals surface area (Å²) in [7, 11) is 0. The highest BCUT2D eigenvalue weighted by molar-refractivity contribution is 6.31. The third-order valence-corrected chi connectivity index (χ3v) is 4.97. The molecule has 1 amide bonds. The van der Waals surface area contributed by atoms with Crippen LogP contribution in [0.1, 0.15) is 49.3 Å². The summed E-state index contributed by atoms with van der Waals surface area (Å²) in [6.45, 7) is 0. The first-order valence-corrected chi connectivity index (χ1v) is 7.86. The van der Waals surface area contributed by atoms with Crippen LogP contribution in [0, 0.1) is 5.92 Å². The highest BCUT2D eigenvalue weighted by Crippen LogP contribution is 2.36. The summed E-state index contributed by atoms with van der Waals surface area (Å²) in [5, 5.41) is 4.02. The van der Waals surface area contributed by atoms with Crippen LogP contribution in [0.25, 0.3) is 0 Å². The maximum Gasteiger partial charge on any atom is 0.223 e. The van der Waals surface area contributed by atoms with Crippen molar-refractivity contribution < 1.29 is 4.79 Å². The number of amides is 1. The molecule has 116 valence electrons. The van der Waals surface area contributed by atoms with E-state index in [-0.39, 0.29) is 36.3 Å². The molecule has 0 spiro atoms. The van der Waals surface area contributed by atoms with Crippen LogP contribution in [0.15, 0.2) is 18.2 Å². The van der Waals surface area contributed by atoms with Crippen molar-refractivity contribution in [2.75, 3.05) is 0 Å². The topological polar surface area (TPSA) is 55.1 Å². The second-order valence-electron chi connectivity index (χ2n) is 6.03. The van der Waals surface area contributed by atoms with Crippen LogP contribution < -0.4 is 11.1 Å². The molecule has 2 aliphatic rings. The Morgan fingerprint density at radius 1 is 1.29 bits per heavy atom. The Kier molecular flexibility index (Phi) is 5.53. The van der Waals surface area contributed by atoms with Crippen LogP contribution in [0.3, 0.4) is 0 Å². The molecule has 3 unspecified atom stereocenters. The standard InChI is InChI=1S/C16H21ClN2O.ClH/c17-14-6-2-5-13-12(14)7-8-15(13)19-16(20)10-3-1-4-11(18)9-10;/h2,5-6,10-11,15H,1,3-4,7-9,18H2,(H,19,20);1H. The molecule has 0 bridgehead atoms. The number of halogens is 2. The molecule has 5 heteroatoms. The zero-order valence-corrected chi connectivity index (χ0v) is 13.6. The van der Waals surface area contributed by atoms with Gasteiger partial charge in [-0.3, -0.25) is 4.79 Å². The number of rotatable bonds is 2. The molecular weight excluding hydrogens is 307 g/mol. The summed E-state index contributed by atoms with van der Waals surface area (Å²) in [6, 6.07) is 6.26. The normalized spacial score (nSPS) is 27.6. The minimum Gasteiger partial charge on any atom is -0.349 e. The van der Waals surface area contributed by atoms with Gasteiger partial charge in [0.2, 0.25) is 5.91 Å². The van der Waals surface area contributed by atoms with Crippen molar-refractivity contribution in [3.8, 4) is 0 Å². The van der Waals surface area contributed by atoms with Gasteiger partial charge in [0.05, 0.1) is 6.04 Å². The molecule has 3 N–H and O–H groups in total. The van der Waals surface area contributed by atoms with E-state index in [9.17, 15) is 4.79 Å². The van der Waals surface area contributed by atoms with Crippen LogP contribution in [-0.2, 0) is 11.2 Å². The van der Waals surface area contributed by atoms with Gasteiger partial charge in [0.1, 0.15) is 0 Å². The van der Waals surface area contributed by atoms with E-state index in [0.717, 1.165) is 43.5 Å². The monoisotopic (exact) mass is 328 g/mol. The van der Waals surface area contributed by atoms with Crippen molar-refractivity contribution in [3.05, 3.63) is 34.3 Å². The van der Waals surface area contributed by atoms with E-state index >= 15 is 0 Å². The van der Waals surface area contributed by atoms with Crippen LogP contribution in [0.2, 0.25) is 5.02 Å². The summed E-state index contributed by atoms with van der Waals surface area (Å²) in [6.07, 6.45) is 5.79. The van der Waals surface area contributed by atoms with Gasteiger partial charge in [-0.1, -0.05) is 30.2 Å². The van der Waals surface area contributed by atoms with E-state index in [1.807, 2.05) is 12.1 Å². The van der Waals surface area contributed by atoms with Gasteiger partial charge in [-0.2, -0.15) is 0 Å². The number of fused-ring (bicyclic) bond motifs is 1. The van der Waals surface area contributed by atoms with Gasteiger partial charge in [0.15, 0.2) is 0 Å². The van der Waals surface area contributed by atoms with Crippen molar-refractivity contribution in [1.82, 2.24) is 5.32 Å². The number of nitrogens with one attached hydrogen (secondary N) is 1. The third-order valence-electron chi connectivity index (χ3n) is 4.62. The summed E-state index contributed by atoms with van der Waals surface area (Å²) in [5.74, 6) is 0.250. The van der Waals surface area contributed by atoms with Crippen LogP contribution in [-0.4, -0.2) is 11.9 Å². The molecule has 21 heavy (non-hydrogen) atoms. The van der Waals surface area contributed by atoms with Gasteiger partial charge >= 0.3 is 0 Å². The first-order chi connectivity index (χ1) is 9.65. The number of carbonyl (C=O) groups is 1. The number of hydrogen-bond acceptors (Lipinski definition) is 2. The quantitative estimate of drug-likeness (QED) is 0.874. The lowest BCUT2D eigenvalue weighted by Crippen LogP contribution is -2.38. The molecule has 3 atom stereocenters. The smallest absolute Gasteiger partial charge is 0.223 e. The maximum atomic E-state index is 12.4. The fourth-order valence-electron chi connectivity index (χ4n) is 3.51. The minimum absolute atomic E-state index is 0. The highest BCUT2D eigenvalue weighted by Gasteiger charge is 2.30. The number of hydrogen-bond donors (Lipinski definition) is 2. The van der Waals surface area contributed by atoms with Crippen LogP contribution >= 0.6 is 24.0 Å². The Labute approximate surface area is 137 Å². The fraction of sp³-hybridized carbons (Fsp3) is 0.562. The van der Waals surface area contributed by atoms with Crippen molar-refractivity contribution in [1.29, 1.82) is 0 Å². The molecule has 0 aromatic heterocycles. The molecule has 1 aromatic rings. The number of nitrogens with two attached hydrogens (primary N) is 1. The molecule has 0 aliphatic heterocycles. The third kappa shape index (κ3) is 3.53. The van der Waals surface area contributed by atoms with E-state index < -0.39 is 0 Å². The molecule has 0 radical (unpaired) electrons. The molecule has 1 saturated carbocycles. The lowest BCUT2D eigenvalue weighted by Gasteiger charge is -2.27. The molecule has 0 saturated heterocycles. The van der Waals surface area contributed by atoms with E-state index in [0.29, 0.717) is 0 Å². The zero-order valence-electron chi connectivity index (χ0n) is 12.0. The second-order valence-corrected chi connectivity index (χ2v) is 6.44.